The highest BCUT2D eigenvalue weighted by Gasteiger charge is 2.45. The predicted molar refractivity (Wildman–Crippen MR) is 75.1 cm³/mol. The number of ether oxygens (including phenoxy) is 1. The highest BCUT2D eigenvalue weighted by atomic mass is 19.2. The molecule has 0 bridgehead atoms. The minimum Gasteiger partial charge on any atom is -0.393 e. The molecule has 0 radical (unpaired) electrons. The highest BCUT2D eigenvalue weighted by Crippen LogP contribution is 2.43. The van der Waals surface area contributed by atoms with Crippen LogP contribution in [-0.2, 0) is 4.74 Å². The topological polar surface area (TPSA) is 29.5 Å². The third-order valence-corrected chi connectivity index (χ3v) is 5.30. The van der Waals surface area contributed by atoms with Gasteiger partial charge < -0.3 is 9.84 Å². The van der Waals surface area contributed by atoms with E-state index in [1.54, 1.807) is 6.92 Å². The zero-order chi connectivity index (χ0) is 14.7. The molecule has 0 amide bonds. The standard InChI is InChI=1S/C16H28F2O2/c1-3-20-12-6-4-11(5-7-12)14-9-8-13(10(2)19)15(17)16(14)18/h10-16,19H,3-9H2,1-2H3/t10-,11?,12?,13+,14?,15?,16?/m0/s1. The Balaban J connectivity index is 1.88. The molecule has 2 saturated carbocycles. The number of alkyl halides is 2. The lowest BCUT2D eigenvalue weighted by atomic mass is 9.68. The quantitative estimate of drug-likeness (QED) is 0.856. The van der Waals surface area contributed by atoms with Gasteiger partial charge in [0, 0.05) is 12.5 Å². The average Bonchev–Trinajstić information content (AvgIpc) is 2.43. The molecule has 0 saturated heterocycles. The van der Waals surface area contributed by atoms with Crippen molar-refractivity contribution in [3.63, 3.8) is 0 Å². The summed E-state index contributed by atoms with van der Waals surface area (Å²) >= 11 is 0. The molecule has 4 heteroatoms. The average molecular weight is 290 g/mol. The molecule has 2 aliphatic rings. The molecule has 0 aromatic rings. The van der Waals surface area contributed by atoms with Crippen molar-refractivity contribution in [1.82, 2.24) is 0 Å². The van der Waals surface area contributed by atoms with Gasteiger partial charge >= 0.3 is 0 Å². The number of aliphatic hydroxyl groups excluding tert-OH is 1. The second-order valence-electron chi connectivity index (χ2n) is 6.53. The Morgan fingerprint density at radius 1 is 1.05 bits per heavy atom. The SMILES string of the molecule is CCOC1CCC(C2CC[C@H]([C@H](C)O)C(F)C2F)CC1. The van der Waals surface area contributed by atoms with Crippen molar-refractivity contribution in [1.29, 1.82) is 0 Å². The molecular weight excluding hydrogens is 262 g/mol. The Bertz CT molecular complexity index is 290. The Morgan fingerprint density at radius 2 is 1.70 bits per heavy atom. The summed E-state index contributed by atoms with van der Waals surface area (Å²) in [6.07, 6.45) is 1.80. The second kappa shape index (κ2) is 7.17. The minimum absolute atomic E-state index is 0.164. The lowest BCUT2D eigenvalue weighted by molar-refractivity contribution is -0.0568. The number of hydrogen-bond donors (Lipinski definition) is 1. The van der Waals surface area contributed by atoms with Gasteiger partial charge in [-0.05, 0) is 64.2 Å². The molecule has 1 N–H and O–H groups in total. The number of halogens is 2. The van der Waals surface area contributed by atoms with Crippen molar-refractivity contribution in [3.8, 4) is 0 Å². The lowest BCUT2D eigenvalue weighted by Gasteiger charge is -2.42. The van der Waals surface area contributed by atoms with Crippen LogP contribution in [0.3, 0.4) is 0 Å². The summed E-state index contributed by atoms with van der Waals surface area (Å²) in [5, 5.41) is 9.53. The van der Waals surface area contributed by atoms with Crippen LogP contribution in [0.1, 0.15) is 52.4 Å². The van der Waals surface area contributed by atoms with Gasteiger partial charge in [0.05, 0.1) is 12.2 Å². The first-order valence-electron chi connectivity index (χ1n) is 8.12. The fourth-order valence-corrected chi connectivity index (χ4v) is 4.10. The van der Waals surface area contributed by atoms with Gasteiger partial charge in [-0.15, -0.1) is 0 Å². The van der Waals surface area contributed by atoms with Gasteiger partial charge in [0.2, 0.25) is 0 Å². The zero-order valence-electron chi connectivity index (χ0n) is 12.6. The summed E-state index contributed by atoms with van der Waals surface area (Å²) in [6.45, 7) is 4.29. The van der Waals surface area contributed by atoms with Crippen LogP contribution in [0.25, 0.3) is 0 Å². The van der Waals surface area contributed by atoms with Crippen LogP contribution in [-0.4, -0.2) is 36.3 Å². The van der Waals surface area contributed by atoms with Crippen LogP contribution in [0.5, 0.6) is 0 Å². The number of hydrogen-bond acceptors (Lipinski definition) is 2. The summed E-state index contributed by atoms with van der Waals surface area (Å²) in [5.41, 5.74) is 0. The van der Waals surface area contributed by atoms with E-state index in [-0.39, 0.29) is 11.8 Å². The summed E-state index contributed by atoms with van der Waals surface area (Å²) < 4.78 is 34.1. The van der Waals surface area contributed by atoms with E-state index in [1.165, 1.54) is 0 Å². The summed E-state index contributed by atoms with van der Waals surface area (Å²) in [6, 6.07) is 0. The molecule has 0 aromatic carbocycles. The Kier molecular flexibility index (Phi) is 5.79. The smallest absolute Gasteiger partial charge is 0.137 e. The van der Waals surface area contributed by atoms with Crippen LogP contribution >= 0.6 is 0 Å². The minimum atomic E-state index is -1.50. The van der Waals surface area contributed by atoms with Crippen LogP contribution in [0.2, 0.25) is 0 Å². The van der Waals surface area contributed by atoms with Crippen molar-refractivity contribution < 1.29 is 18.6 Å². The molecule has 2 nitrogen and oxygen atoms in total. The molecule has 20 heavy (non-hydrogen) atoms. The predicted octanol–water partition coefficient (Wildman–Crippen LogP) is 3.66. The van der Waals surface area contributed by atoms with Crippen LogP contribution in [0.15, 0.2) is 0 Å². The molecule has 0 spiro atoms. The Hall–Kier alpha value is -0.220. The molecular formula is C16H28F2O2. The molecule has 5 atom stereocenters. The van der Waals surface area contributed by atoms with Crippen molar-refractivity contribution in [3.05, 3.63) is 0 Å². The van der Waals surface area contributed by atoms with Gasteiger partial charge in [0.25, 0.3) is 0 Å². The van der Waals surface area contributed by atoms with Crippen LogP contribution < -0.4 is 0 Å². The molecule has 0 heterocycles. The van der Waals surface area contributed by atoms with E-state index in [0.717, 1.165) is 32.3 Å². The molecule has 2 rings (SSSR count). The molecule has 2 aliphatic carbocycles. The van der Waals surface area contributed by atoms with E-state index in [0.29, 0.717) is 18.9 Å². The third-order valence-electron chi connectivity index (χ3n) is 5.30. The summed E-state index contributed by atoms with van der Waals surface area (Å²) in [4.78, 5) is 0. The van der Waals surface area contributed by atoms with Crippen molar-refractivity contribution >= 4 is 0 Å². The van der Waals surface area contributed by atoms with Gasteiger partial charge in [-0.1, -0.05) is 0 Å². The van der Waals surface area contributed by atoms with E-state index in [1.807, 2.05) is 6.92 Å². The first-order chi connectivity index (χ1) is 9.54. The molecule has 0 aromatic heterocycles. The van der Waals surface area contributed by atoms with Crippen molar-refractivity contribution in [2.24, 2.45) is 17.8 Å². The maximum atomic E-state index is 14.4. The maximum absolute atomic E-state index is 14.4. The van der Waals surface area contributed by atoms with Gasteiger partial charge in [-0.3, -0.25) is 0 Å². The van der Waals surface area contributed by atoms with Gasteiger partial charge in [-0.2, -0.15) is 0 Å². The van der Waals surface area contributed by atoms with Crippen LogP contribution in [0.4, 0.5) is 8.78 Å². The Morgan fingerprint density at radius 3 is 2.25 bits per heavy atom. The fraction of sp³-hybridized carbons (Fsp3) is 1.00. The third kappa shape index (κ3) is 3.51. The number of aliphatic hydroxyl groups is 1. The second-order valence-corrected chi connectivity index (χ2v) is 6.53. The molecule has 118 valence electrons. The fourth-order valence-electron chi connectivity index (χ4n) is 4.10. The lowest BCUT2D eigenvalue weighted by Crippen LogP contribution is -2.45. The first kappa shape index (κ1) is 16.2. The number of rotatable bonds is 4. The Labute approximate surface area is 120 Å². The van der Waals surface area contributed by atoms with Crippen LogP contribution in [0, 0.1) is 17.8 Å². The van der Waals surface area contributed by atoms with E-state index < -0.39 is 24.4 Å². The monoisotopic (exact) mass is 290 g/mol. The first-order valence-corrected chi connectivity index (χ1v) is 8.12. The van der Waals surface area contributed by atoms with Gasteiger partial charge in [0.15, 0.2) is 0 Å². The molecule has 3 unspecified atom stereocenters. The van der Waals surface area contributed by atoms with E-state index in [4.69, 9.17) is 4.74 Å². The molecule has 0 aliphatic heterocycles. The van der Waals surface area contributed by atoms with E-state index >= 15 is 0 Å². The van der Waals surface area contributed by atoms with E-state index in [2.05, 4.69) is 0 Å². The normalized spacial score (nSPS) is 44.2. The summed E-state index contributed by atoms with van der Waals surface area (Å²) in [5.74, 6) is -0.404. The highest BCUT2D eigenvalue weighted by molar-refractivity contribution is 4.93. The largest absolute Gasteiger partial charge is 0.393 e. The van der Waals surface area contributed by atoms with Gasteiger partial charge in [-0.25, -0.2) is 8.78 Å². The summed E-state index contributed by atoms with van der Waals surface area (Å²) in [7, 11) is 0. The molecule has 2 fully saturated rings. The maximum Gasteiger partial charge on any atom is 0.137 e. The van der Waals surface area contributed by atoms with Crippen molar-refractivity contribution in [2.45, 2.75) is 76.9 Å². The van der Waals surface area contributed by atoms with E-state index in [9.17, 15) is 13.9 Å². The zero-order valence-corrected chi connectivity index (χ0v) is 12.6. The van der Waals surface area contributed by atoms with Gasteiger partial charge in [0.1, 0.15) is 12.3 Å². The van der Waals surface area contributed by atoms with Crippen molar-refractivity contribution in [2.75, 3.05) is 6.61 Å².